The van der Waals surface area contributed by atoms with Gasteiger partial charge in [-0.2, -0.15) is 5.10 Å². The van der Waals surface area contributed by atoms with Crippen LogP contribution in [0.5, 0.6) is 0 Å². The second-order valence-electron chi connectivity index (χ2n) is 5.23. The zero-order valence-electron chi connectivity index (χ0n) is 12.2. The molecule has 1 unspecified atom stereocenters. The lowest BCUT2D eigenvalue weighted by Gasteiger charge is -2.25. The standard InChI is InChI=1S/C16H21ClN2O/c1-4-12-10-13(19(5-2)18-12)11-16(3,20)14-8-6-7-9-15(14)17/h6-10,20H,4-5,11H2,1-3H3. The van der Waals surface area contributed by atoms with Gasteiger partial charge in [0, 0.05) is 29.2 Å². The van der Waals surface area contributed by atoms with Gasteiger partial charge in [0.05, 0.1) is 11.3 Å². The van der Waals surface area contributed by atoms with Crippen molar-refractivity contribution in [3.05, 3.63) is 52.3 Å². The Morgan fingerprint density at radius 2 is 2.00 bits per heavy atom. The van der Waals surface area contributed by atoms with Gasteiger partial charge in [-0.3, -0.25) is 4.68 Å². The molecule has 0 aliphatic rings. The van der Waals surface area contributed by atoms with Gasteiger partial charge in [0.25, 0.3) is 0 Å². The summed E-state index contributed by atoms with van der Waals surface area (Å²) in [7, 11) is 0. The van der Waals surface area contributed by atoms with E-state index < -0.39 is 5.60 Å². The highest BCUT2D eigenvalue weighted by Crippen LogP contribution is 2.31. The molecule has 0 aliphatic heterocycles. The van der Waals surface area contributed by atoms with Crippen LogP contribution in [0.2, 0.25) is 5.02 Å². The lowest BCUT2D eigenvalue weighted by Crippen LogP contribution is -2.26. The van der Waals surface area contributed by atoms with E-state index in [9.17, 15) is 5.11 Å². The average Bonchev–Trinajstić information content (AvgIpc) is 2.80. The summed E-state index contributed by atoms with van der Waals surface area (Å²) < 4.78 is 1.95. The van der Waals surface area contributed by atoms with Crippen molar-refractivity contribution in [2.24, 2.45) is 0 Å². The quantitative estimate of drug-likeness (QED) is 0.915. The van der Waals surface area contributed by atoms with Crippen LogP contribution in [0.4, 0.5) is 0 Å². The number of aryl methyl sites for hydroxylation is 2. The van der Waals surface area contributed by atoms with Crippen molar-refractivity contribution in [2.45, 2.75) is 45.8 Å². The topological polar surface area (TPSA) is 38.0 Å². The third-order valence-electron chi connectivity index (χ3n) is 3.56. The predicted molar refractivity (Wildman–Crippen MR) is 82.0 cm³/mol. The zero-order valence-corrected chi connectivity index (χ0v) is 13.0. The fourth-order valence-corrected chi connectivity index (χ4v) is 2.79. The number of rotatable bonds is 5. The fourth-order valence-electron chi connectivity index (χ4n) is 2.45. The minimum Gasteiger partial charge on any atom is -0.385 e. The smallest absolute Gasteiger partial charge is 0.0937 e. The van der Waals surface area contributed by atoms with Crippen molar-refractivity contribution in [1.29, 1.82) is 0 Å². The first-order chi connectivity index (χ1) is 9.47. The van der Waals surface area contributed by atoms with Gasteiger partial charge in [0.1, 0.15) is 0 Å². The molecule has 0 fully saturated rings. The van der Waals surface area contributed by atoms with E-state index in [4.69, 9.17) is 11.6 Å². The summed E-state index contributed by atoms with van der Waals surface area (Å²) in [4.78, 5) is 0. The van der Waals surface area contributed by atoms with E-state index in [1.165, 1.54) is 0 Å². The molecule has 0 saturated carbocycles. The van der Waals surface area contributed by atoms with Gasteiger partial charge in [-0.05, 0) is 32.4 Å². The molecule has 1 N–H and O–H groups in total. The highest BCUT2D eigenvalue weighted by molar-refractivity contribution is 6.31. The Balaban J connectivity index is 2.33. The summed E-state index contributed by atoms with van der Waals surface area (Å²) in [5.74, 6) is 0. The molecule has 0 bridgehead atoms. The molecular weight excluding hydrogens is 272 g/mol. The van der Waals surface area contributed by atoms with E-state index in [-0.39, 0.29) is 0 Å². The van der Waals surface area contributed by atoms with Gasteiger partial charge in [-0.1, -0.05) is 36.7 Å². The first kappa shape index (κ1) is 15.1. The molecule has 0 radical (unpaired) electrons. The molecule has 0 saturated heterocycles. The molecule has 0 amide bonds. The summed E-state index contributed by atoms with van der Waals surface area (Å²) in [6.07, 6.45) is 1.39. The Morgan fingerprint density at radius 3 is 2.60 bits per heavy atom. The number of hydrogen-bond acceptors (Lipinski definition) is 2. The van der Waals surface area contributed by atoms with Crippen molar-refractivity contribution in [2.75, 3.05) is 0 Å². The molecule has 1 atom stereocenters. The first-order valence-electron chi connectivity index (χ1n) is 7.01. The van der Waals surface area contributed by atoms with E-state index in [1.54, 1.807) is 13.0 Å². The number of halogens is 1. The van der Waals surface area contributed by atoms with Crippen LogP contribution >= 0.6 is 11.6 Å². The minimum atomic E-state index is -1.00. The Morgan fingerprint density at radius 1 is 1.30 bits per heavy atom. The molecule has 0 spiro atoms. The van der Waals surface area contributed by atoms with Crippen LogP contribution in [0.25, 0.3) is 0 Å². The van der Waals surface area contributed by atoms with E-state index in [0.717, 1.165) is 29.9 Å². The van der Waals surface area contributed by atoms with Crippen molar-refractivity contribution in [3.63, 3.8) is 0 Å². The van der Waals surface area contributed by atoms with Crippen LogP contribution in [0.3, 0.4) is 0 Å². The Kier molecular flexibility index (Phi) is 4.51. The number of hydrogen-bond donors (Lipinski definition) is 1. The van der Waals surface area contributed by atoms with Gasteiger partial charge in [0.2, 0.25) is 0 Å². The Labute approximate surface area is 125 Å². The molecule has 1 aromatic carbocycles. The summed E-state index contributed by atoms with van der Waals surface area (Å²) >= 11 is 6.20. The van der Waals surface area contributed by atoms with Crippen LogP contribution < -0.4 is 0 Å². The largest absolute Gasteiger partial charge is 0.385 e. The number of nitrogens with zero attached hydrogens (tertiary/aromatic N) is 2. The summed E-state index contributed by atoms with van der Waals surface area (Å²) in [6.45, 7) is 6.74. The first-order valence-corrected chi connectivity index (χ1v) is 7.38. The number of aromatic nitrogens is 2. The van der Waals surface area contributed by atoms with Crippen LogP contribution in [0.1, 0.15) is 37.7 Å². The summed E-state index contributed by atoms with van der Waals surface area (Å²) in [6, 6.07) is 9.50. The van der Waals surface area contributed by atoms with Crippen molar-refractivity contribution in [1.82, 2.24) is 9.78 Å². The maximum Gasteiger partial charge on any atom is 0.0937 e. The molecule has 3 nitrogen and oxygen atoms in total. The van der Waals surface area contributed by atoms with Gasteiger partial charge < -0.3 is 5.11 Å². The molecule has 1 heterocycles. The molecule has 1 aromatic heterocycles. The third-order valence-corrected chi connectivity index (χ3v) is 3.88. The number of benzene rings is 1. The second-order valence-corrected chi connectivity index (χ2v) is 5.63. The van der Waals surface area contributed by atoms with Gasteiger partial charge in [-0.15, -0.1) is 0 Å². The molecule has 4 heteroatoms. The van der Waals surface area contributed by atoms with Crippen LogP contribution in [-0.2, 0) is 25.0 Å². The predicted octanol–water partition coefficient (Wildman–Crippen LogP) is 3.57. The lowest BCUT2D eigenvalue weighted by molar-refractivity contribution is 0.0555. The van der Waals surface area contributed by atoms with Gasteiger partial charge >= 0.3 is 0 Å². The van der Waals surface area contributed by atoms with Gasteiger partial charge in [0.15, 0.2) is 0 Å². The fraction of sp³-hybridized carbons (Fsp3) is 0.438. The van der Waals surface area contributed by atoms with E-state index in [1.807, 2.05) is 22.9 Å². The third kappa shape index (κ3) is 3.05. The van der Waals surface area contributed by atoms with E-state index >= 15 is 0 Å². The highest BCUT2D eigenvalue weighted by atomic mass is 35.5. The van der Waals surface area contributed by atoms with Crippen molar-refractivity contribution >= 4 is 11.6 Å². The molecule has 2 rings (SSSR count). The Bertz CT molecular complexity index is 590. The second kappa shape index (κ2) is 5.98. The van der Waals surface area contributed by atoms with Gasteiger partial charge in [-0.25, -0.2) is 0 Å². The normalized spacial score (nSPS) is 14.2. The highest BCUT2D eigenvalue weighted by Gasteiger charge is 2.27. The monoisotopic (exact) mass is 292 g/mol. The number of aliphatic hydroxyl groups is 1. The molecule has 108 valence electrons. The van der Waals surface area contributed by atoms with Crippen molar-refractivity contribution < 1.29 is 5.11 Å². The molecule has 2 aromatic rings. The molecule has 20 heavy (non-hydrogen) atoms. The molecular formula is C16H21ClN2O. The SMILES string of the molecule is CCc1cc(CC(C)(O)c2ccccc2Cl)n(CC)n1. The average molecular weight is 293 g/mol. The maximum atomic E-state index is 10.8. The minimum absolute atomic E-state index is 0.498. The van der Waals surface area contributed by atoms with Crippen LogP contribution in [0, 0.1) is 0 Å². The Hall–Kier alpha value is -1.32. The van der Waals surface area contributed by atoms with E-state index in [2.05, 4.69) is 25.0 Å². The van der Waals surface area contributed by atoms with Crippen molar-refractivity contribution in [3.8, 4) is 0 Å². The van der Waals surface area contributed by atoms with Crippen LogP contribution in [-0.4, -0.2) is 14.9 Å². The zero-order chi connectivity index (χ0) is 14.8. The van der Waals surface area contributed by atoms with E-state index in [0.29, 0.717) is 11.4 Å². The summed E-state index contributed by atoms with van der Waals surface area (Å²) in [5, 5.41) is 15.9. The lowest BCUT2D eigenvalue weighted by atomic mass is 9.91. The maximum absolute atomic E-state index is 10.8. The molecule has 0 aliphatic carbocycles. The van der Waals surface area contributed by atoms with Crippen LogP contribution in [0.15, 0.2) is 30.3 Å². The summed E-state index contributed by atoms with van der Waals surface area (Å²) in [5.41, 5.74) is 1.84.